The lowest BCUT2D eigenvalue weighted by atomic mass is 10.2. The van der Waals surface area contributed by atoms with E-state index in [0.717, 1.165) is 43.8 Å². The topological polar surface area (TPSA) is 40.5 Å². The Morgan fingerprint density at radius 2 is 2.04 bits per heavy atom. The van der Waals surface area contributed by atoms with E-state index in [0.29, 0.717) is 0 Å². The molecule has 0 saturated heterocycles. The number of thiazole rings is 1. The van der Waals surface area contributed by atoms with Crippen molar-refractivity contribution in [2.45, 2.75) is 19.3 Å². The molecule has 1 N–H and O–H groups in total. The van der Waals surface area contributed by atoms with Crippen LogP contribution in [-0.4, -0.2) is 31.1 Å². The number of aryl methyl sites for hydroxylation is 1. The lowest BCUT2D eigenvalue weighted by Crippen LogP contribution is -2.41. The van der Waals surface area contributed by atoms with E-state index in [1.54, 1.807) is 11.3 Å². The zero-order chi connectivity index (χ0) is 17.1. The maximum Gasteiger partial charge on any atom is 0.198 e. The SMILES string of the molecule is CN=C(NCCCc1nc2ccccc2s1)N1CCc2ccccc21. The third kappa shape index (κ3) is 3.37. The first-order chi connectivity index (χ1) is 12.3. The first-order valence-electron chi connectivity index (χ1n) is 8.76. The molecule has 0 fully saturated rings. The van der Waals surface area contributed by atoms with Gasteiger partial charge in [-0.3, -0.25) is 4.99 Å². The molecule has 0 amide bonds. The summed E-state index contributed by atoms with van der Waals surface area (Å²) in [5.41, 5.74) is 3.79. The molecule has 0 aliphatic carbocycles. The Labute approximate surface area is 152 Å². The van der Waals surface area contributed by atoms with E-state index in [1.807, 2.05) is 13.1 Å². The van der Waals surface area contributed by atoms with Crippen LogP contribution in [0.3, 0.4) is 0 Å². The van der Waals surface area contributed by atoms with Gasteiger partial charge >= 0.3 is 0 Å². The maximum atomic E-state index is 4.71. The summed E-state index contributed by atoms with van der Waals surface area (Å²) in [6, 6.07) is 16.9. The first-order valence-corrected chi connectivity index (χ1v) is 9.57. The number of benzene rings is 2. The van der Waals surface area contributed by atoms with Crippen molar-refractivity contribution in [2.75, 3.05) is 25.0 Å². The first kappa shape index (κ1) is 16.1. The molecule has 128 valence electrons. The molecule has 5 heteroatoms. The van der Waals surface area contributed by atoms with Crippen LogP contribution in [0.4, 0.5) is 5.69 Å². The van der Waals surface area contributed by atoms with Crippen molar-refractivity contribution in [2.24, 2.45) is 4.99 Å². The van der Waals surface area contributed by atoms with E-state index >= 15 is 0 Å². The minimum absolute atomic E-state index is 0.904. The Balaban J connectivity index is 1.33. The van der Waals surface area contributed by atoms with Gasteiger partial charge in [-0.1, -0.05) is 30.3 Å². The van der Waals surface area contributed by atoms with Crippen LogP contribution >= 0.6 is 11.3 Å². The Bertz CT molecular complexity index is 866. The minimum Gasteiger partial charge on any atom is -0.356 e. The summed E-state index contributed by atoms with van der Waals surface area (Å²) in [5, 5.41) is 4.72. The molecule has 3 aromatic rings. The molecule has 4 nitrogen and oxygen atoms in total. The number of hydrogen-bond donors (Lipinski definition) is 1. The van der Waals surface area contributed by atoms with Gasteiger partial charge in [0.15, 0.2) is 5.96 Å². The Hall–Kier alpha value is -2.40. The molecule has 25 heavy (non-hydrogen) atoms. The number of fused-ring (bicyclic) bond motifs is 2. The van der Waals surface area contributed by atoms with E-state index in [1.165, 1.54) is 21.0 Å². The quantitative estimate of drug-likeness (QED) is 0.441. The van der Waals surface area contributed by atoms with E-state index in [9.17, 15) is 0 Å². The largest absolute Gasteiger partial charge is 0.356 e. The monoisotopic (exact) mass is 350 g/mol. The van der Waals surface area contributed by atoms with E-state index in [-0.39, 0.29) is 0 Å². The van der Waals surface area contributed by atoms with Crippen molar-refractivity contribution in [1.29, 1.82) is 0 Å². The zero-order valence-electron chi connectivity index (χ0n) is 14.4. The van der Waals surface area contributed by atoms with Gasteiger partial charge in [0.25, 0.3) is 0 Å². The number of para-hydroxylation sites is 2. The summed E-state index contributed by atoms with van der Waals surface area (Å²) >= 11 is 1.80. The molecule has 0 saturated carbocycles. The van der Waals surface area contributed by atoms with Crippen LogP contribution in [0.25, 0.3) is 10.2 Å². The van der Waals surface area contributed by atoms with Crippen LogP contribution in [0, 0.1) is 0 Å². The predicted octanol–water partition coefficient (Wildman–Crippen LogP) is 3.87. The highest BCUT2D eigenvalue weighted by atomic mass is 32.1. The molecule has 4 rings (SSSR count). The molecule has 0 bridgehead atoms. The van der Waals surface area contributed by atoms with E-state index in [2.05, 4.69) is 57.7 Å². The van der Waals surface area contributed by atoms with Gasteiger partial charge in [-0.15, -0.1) is 11.3 Å². The van der Waals surface area contributed by atoms with Gasteiger partial charge in [-0.05, 0) is 36.6 Å². The molecule has 1 aliphatic rings. The van der Waals surface area contributed by atoms with Crippen molar-refractivity contribution >= 4 is 33.2 Å². The molecule has 1 aromatic heterocycles. The summed E-state index contributed by atoms with van der Waals surface area (Å²) in [6.45, 7) is 1.90. The molecule has 0 radical (unpaired) electrons. The third-order valence-corrected chi connectivity index (χ3v) is 5.64. The Morgan fingerprint density at radius 3 is 2.92 bits per heavy atom. The highest BCUT2D eigenvalue weighted by Gasteiger charge is 2.21. The highest BCUT2D eigenvalue weighted by Crippen LogP contribution is 2.27. The zero-order valence-corrected chi connectivity index (χ0v) is 15.2. The van der Waals surface area contributed by atoms with Crippen molar-refractivity contribution in [3.05, 3.63) is 59.1 Å². The van der Waals surface area contributed by atoms with E-state index in [4.69, 9.17) is 4.98 Å². The minimum atomic E-state index is 0.904. The lowest BCUT2D eigenvalue weighted by molar-refractivity contribution is 0.758. The summed E-state index contributed by atoms with van der Waals surface area (Å²) in [5.74, 6) is 0.967. The van der Waals surface area contributed by atoms with Gasteiger partial charge in [0.2, 0.25) is 0 Å². The smallest absolute Gasteiger partial charge is 0.198 e. The Kier molecular flexibility index (Phi) is 4.65. The second kappa shape index (κ2) is 7.23. The molecular weight excluding hydrogens is 328 g/mol. The van der Waals surface area contributed by atoms with E-state index < -0.39 is 0 Å². The fourth-order valence-electron chi connectivity index (χ4n) is 3.32. The van der Waals surface area contributed by atoms with Crippen LogP contribution in [-0.2, 0) is 12.8 Å². The van der Waals surface area contributed by atoms with Crippen molar-refractivity contribution in [1.82, 2.24) is 10.3 Å². The summed E-state index contributed by atoms with van der Waals surface area (Å²) in [6.07, 6.45) is 3.14. The van der Waals surface area contributed by atoms with Crippen LogP contribution in [0.5, 0.6) is 0 Å². The van der Waals surface area contributed by atoms with Crippen LogP contribution in [0.2, 0.25) is 0 Å². The normalized spacial score (nSPS) is 14.1. The lowest BCUT2D eigenvalue weighted by Gasteiger charge is -2.22. The average Bonchev–Trinajstić information content (AvgIpc) is 3.25. The molecule has 0 spiro atoms. The number of nitrogens with one attached hydrogen (secondary N) is 1. The number of rotatable bonds is 4. The highest BCUT2D eigenvalue weighted by molar-refractivity contribution is 7.18. The van der Waals surface area contributed by atoms with Gasteiger partial charge in [0.05, 0.1) is 15.2 Å². The second-order valence-electron chi connectivity index (χ2n) is 6.18. The van der Waals surface area contributed by atoms with Crippen LogP contribution in [0.1, 0.15) is 17.0 Å². The second-order valence-corrected chi connectivity index (χ2v) is 7.30. The summed E-state index contributed by atoms with van der Waals surface area (Å²) in [7, 11) is 1.86. The number of aliphatic imine (C=N–C) groups is 1. The average molecular weight is 350 g/mol. The molecule has 0 atom stereocenters. The van der Waals surface area contributed by atoms with Crippen LogP contribution in [0.15, 0.2) is 53.5 Å². The molecular formula is C20H22N4S. The number of nitrogens with zero attached hydrogens (tertiary/aromatic N) is 3. The molecule has 1 aliphatic heterocycles. The molecule has 2 heterocycles. The summed E-state index contributed by atoms with van der Waals surface area (Å²) in [4.78, 5) is 11.5. The van der Waals surface area contributed by atoms with Gasteiger partial charge in [0.1, 0.15) is 0 Å². The maximum absolute atomic E-state index is 4.71. The number of hydrogen-bond acceptors (Lipinski definition) is 3. The number of anilines is 1. The van der Waals surface area contributed by atoms with Gasteiger partial charge in [-0.2, -0.15) is 0 Å². The van der Waals surface area contributed by atoms with Crippen molar-refractivity contribution < 1.29 is 0 Å². The van der Waals surface area contributed by atoms with Crippen molar-refractivity contribution in [3.8, 4) is 0 Å². The molecule has 0 unspecified atom stereocenters. The predicted molar refractivity (Wildman–Crippen MR) is 107 cm³/mol. The number of guanidine groups is 1. The van der Waals surface area contributed by atoms with Gasteiger partial charge in [-0.25, -0.2) is 4.98 Å². The third-order valence-electron chi connectivity index (χ3n) is 4.54. The van der Waals surface area contributed by atoms with Crippen molar-refractivity contribution in [3.63, 3.8) is 0 Å². The van der Waals surface area contributed by atoms with Gasteiger partial charge in [0, 0.05) is 32.2 Å². The fraction of sp³-hybridized carbons (Fsp3) is 0.300. The summed E-state index contributed by atoms with van der Waals surface area (Å²) < 4.78 is 1.27. The molecule has 2 aromatic carbocycles. The fourth-order valence-corrected chi connectivity index (χ4v) is 4.33. The van der Waals surface area contributed by atoms with Gasteiger partial charge < -0.3 is 10.2 Å². The standard InChI is InChI=1S/C20H22N4S/c1-21-20(24-14-12-15-7-2-4-9-17(15)24)22-13-6-11-19-23-16-8-3-5-10-18(16)25-19/h2-5,7-10H,6,11-14H2,1H3,(H,21,22). The number of aromatic nitrogens is 1. The van der Waals surface area contributed by atoms with Crippen LogP contribution < -0.4 is 10.2 Å². The Morgan fingerprint density at radius 1 is 1.20 bits per heavy atom.